The summed E-state index contributed by atoms with van der Waals surface area (Å²) in [4.78, 5) is 35.9. The van der Waals surface area contributed by atoms with E-state index in [0.717, 1.165) is 13.2 Å². The fourth-order valence-electron chi connectivity index (χ4n) is 2.79. The van der Waals surface area contributed by atoms with Crippen LogP contribution in [0, 0.1) is 11.6 Å². The molecule has 3 N–H and O–H groups in total. The van der Waals surface area contributed by atoms with Crippen molar-refractivity contribution >= 4 is 34.9 Å². The van der Waals surface area contributed by atoms with E-state index in [1.165, 1.54) is 5.01 Å². The van der Waals surface area contributed by atoms with Crippen LogP contribution in [0.1, 0.15) is 16.8 Å². The summed E-state index contributed by atoms with van der Waals surface area (Å²) in [7, 11) is 1.04. The van der Waals surface area contributed by atoms with Crippen LogP contribution >= 0.6 is 0 Å². The average molecular weight is 402 g/mol. The summed E-state index contributed by atoms with van der Waals surface area (Å²) in [6.45, 7) is 0. The van der Waals surface area contributed by atoms with Crippen molar-refractivity contribution in [1.29, 1.82) is 0 Å². The molecule has 0 spiro atoms. The normalized spacial score (nSPS) is 15.6. The molecule has 2 aromatic rings. The first kappa shape index (κ1) is 19.9. The van der Waals surface area contributed by atoms with Crippen molar-refractivity contribution in [2.24, 2.45) is 10.8 Å². The maximum Gasteiger partial charge on any atom is 0.340 e. The highest BCUT2D eigenvalue weighted by Crippen LogP contribution is 2.26. The quantitative estimate of drug-likeness (QED) is 0.741. The summed E-state index contributed by atoms with van der Waals surface area (Å²) in [6, 6.07) is 8.97. The van der Waals surface area contributed by atoms with E-state index < -0.39 is 46.7 Å². The Hall–Kier alpha value is -3.82. The molecule has 1 unspecified atom stereocenters. The second-order valence-corrected chi connectivity index (χ2v) is 6.11. The molecular formula is C19H16F2N4O4. The van der Waals surface area contributed by atoms with Gasteiger partial charge in [-0.05, 0) is 18.2 Å². The molecule has 1 aliphatic heterocycles. The van der Waals surface area contributed by atoms with Gasteiger partial charge in [-0.15, -0.1) is 0 Å². The molecule has 8 nitrogen and oxygen atoms in total. The Kier molecular flexibility index (Phi) is 5.53. The summed E-state index contributed by atoms with van der Waals surface area (Å²) < 4.78 is 32.2. The van der Waals surface area contributed by atoms with E-state index in [0.29, 0.717) is 11.8 Å². The molecule has 0 fully saturated rings. The molecule has 0 bridgehead atoms. The number of carbonyl (C=O) groups excluding carboxylic acids is 3. The van der Waals surface area contributed by atoms with E-state index in [-0.39, 0.29) is 12.1 Å². The molecule has 2 aromatic carbocycles. The third kappa shape index (κ3) is 4.05. The predicted molar refractivity (Wildman–Crippen MR) is 100 cm³/mol. The Labute approximate surface area is 163 Å². The highest BCUT2D eigenvalue weighted by molar-refractivity contribution is 6.44. The third-order valence-corrected chi connectivity index (χ3v) is 4.23. The molecule has 10 heteroatoms. The highest BCUT2D eigenvalue weighted by Gasteiger charge is 2.35. The molecule has 1 atom stereocenters. The Bertz CT molecular complexity index is 1010. The van der Waals surface area contributed by atoms with E-state index in [9.17, 15) is 23.2 Å². The van der Waals surface area contributed by atoms with Crippen LogP contribution in [-0.2, 0) is 14.3 Å². The van der Waals surface area contributed by atoms with E-state index in [1.807, 2.05) is 0 Å². The molecule has 1 aliphatic rings. The molecule has 2 amide bonds. The maximum absolute atomic E-state index is 14.1. The Morgan fingerprint density at radius 1 is 1.17 bits per heavy atom. The second kappa shape index (κ2) is 8.05. The van der Waals surface area contributed by atoms with Crippen LogP contribution in [0.3, 0.4) is 0 Å². The number of amides is 2. The zero-order valence-electron chi connectivity index (χ0n) is 15.2. The Morgan fingerprint density at radius 2 is 1.86 bits per heavy atom. The summed E-state index contributed by atoms with van der Waals surface area (Å²) >= 11 is 0. The lowest BCUT2D eigenvalue weighted by Crippen LogP contribution is -2.39. The Morgan fingerprint density at radius 3 is 2.48 bits per heavy atom. The number of hydrogen-bond donors (Lipinski definition) is 2. The molecule has 0 aliphatic carbocycles. The number of methoxy groups -OCH3 is 1. The van der Waals surface area contributed by atoms with Gasteiger partial charge in [0.1, 0.15) is 23.4 Å². The van der Waals surface area contributed by atoms with Crippen LogP contribution in [0.25, 0.3) is 0 Å². The van der Waals surface area contributed by atoms with Crippen LogP contribution in [0.2, 0.25) is 0 Å². The smallest absolute Gasteiger partial charge is 0.340 e. The summed E-state index contributed by atoms with van der Waals surface area (Å²) in [5, 5.41) is 7.66. The molecule has 0 saturated heterocycles. The number of benzene rings is 2. The molecule has 0 aromatic heterocycles. The van der Waals surface area contributed by atoms with E-state index >= 15 is 0 Å². The van der Waals surface area contributed by atoms with Crippen molar-refractivity contribution in [1.82, 2.24) is 0 Å². The number of rotatable bonds is 5. The van der Waals surface area contributed by atoms with Crippen molar-refractivity contribution in [3.05, 3.63) is 59.7 Å². The van der Waals surface area contributed by atoms with Crippen LogP contribution in [0.4, 0.5) is 20.2 Å². The lowest BCUT2D eigenvalue weighted by molar-refractivity contribution is -0.119. The van der Waals surface area contributed by atoms with Crippen molar-refractivity contribution in [2.45, 2.75) is 12.5 Å². The van der Waals surface area contributed by atoms with E-state index in [1.54, 1.807) is 30.3 Å². The minimum atomic E-state index is -1.13. The largest absolute Gasteiger partial charge is 0.465 e. The van der Waals surface area contributed by atoms with E-state index in [2.05, 4.69) is 15.2 Å². The van der Waals surface area contributed by atoms with Gasteiger partial charge in [0.15, 0.2) is 0 Å². The van der Waals surface area contributed by atoms with Crippen molar-refractivity contribution in [3.63, 3.8) is 0 Å². The van der Waals surface area contributed by atoms with Gasteiger partial charge in [-0.1, -0.05) is 18.2 Å². The zero-order valence-corrected chi connectivity index (χ0v) is 15.2. The Balaban J connectivity index is 1.87. The molecule has 1 heterocycles. The number of anilines is 2. The average Bonchev–Trinajstić information content (AvgIpc) is 3.16. The topological polar surface area (TPSA) is 114 Å². The minimum Gasteiger partial charge on any atom is -0.465 e. The summed E-state index contributed by atoms with van der Waals surface area (Å²) in [5.41, 5.74) is 4.89. The van der Waals surface area contributed by atoms with Gasteiger partial charge >= 0.3 is 5.97 Å². The van der Waals surface area contributed by atoms with Gasteiger partial charge in [-0.25, -0.2) is 13.6 Å². The molecule has 0 saturated carbocycles. The van der Waals surface area contributed by atoms with Crippen molar-refractivity contribution < 1.29 is 27.9 Å². The number of hydrogen-bond acceptors (Lipinski definition) is 6. The molecule has 29 heavy (non-hydrogen) atoms. The van der Waals surface area contributed by atoms with Gasteiger partial charge < -0.3 is 15.8 Å². The van der Waals surface area contributed by atoms with Crippen LogP contribution < -0.4 is 16.1 Å². The van der Waals surface area contributed by atoms with Crippen LogP contribution in [-0.4, -0.2) is 36.6 Å². The van der Waals surface area contributed by atoms with Gasteiger partial charge in [0.05, 0.1) is 24.0 Å². The molecule has 0 radical (unpaired) electrons. The van der Waals surface area contributed by atoms with Gasteiger partial charge in [0.2, 0.25) is 5.91 Å². The van der Waals surface area contributed by atoms with Gasteiger partial charge in [-0.2, -0.15) is 5.10 Å². The fraction of sp³-hybridized carbons (Fsp3) is 0.158. The number of ether oxygens (including phenoxy) is 1. The van der Waals surface area contributed by atoms with Gasteiger partial charge in [-0.3, -0.25) is 14.6 Å². The number of hydrazone groups is 1. The first-order valence-electron chi connectivity index (χ1n) is 8.41. The van der Waals surface area contributed by atoms with Crippen LogP contribution in [0.15, 0.2) is 47.6 Å². The standard InChI is InChI=1S/C19H16F2N4O4/c1-29-19(28)11-7-14(13(21)8-12(11)20)23-18(27)15-9-16(17(22)26)25(24-15)10-5-3-2-4-6-10/h2-8,16H,9H2,1H3,(H2,22,26)(H,23,27). The molecule has 3 rings (SSSR count). The van der Waals surface area contributed by atoms with Gasteiger partial charge in [0.25, 0.3) is 5.91 Å². The van der Waals surface area contributed by atoms with Crippen LogP contribution in [0.5, 0.6) is 0 Å². The predicted octanol–water partition coefficient (Wildman–Crippen LogP) is 1.81. The SMILES string of the molecule is COC(=O)c1cc(NC(=O)C2=NN(c3ccccc3)C(C(N)=O)C2)c(F)cc1F. The number of para-hydroxylation sites is 1. The maximum atomic E-state index is 14.1. The lowest BCUT2D eigenvalue weighted by atomic mass is 10.1. The lowest BCUT2D eigenvalue weighted by Gasteiger charge is -2.20. The second-order valence-electron chi connectivity index (χ2n) is 6.11. The number of nitrogens with zero attached hydrogens (tertiary/aromatic N) is 2. The first-order valence-corrected chi connectivity index (χ1v) is 8.41. The number of nitrogens with two attached hydrogens (primary N) is 1. The number of carbonyl (C=O) groups is 3. The van der Waals surface area contributed by atoms with Gasteiger partial charge in [0, 0.05) is 12.5 Å². The number of nitrogens with one attached hydrogen (secondary N) is 1. The van der Waals surface area contributed by atoms with Crippen molar-refractivity contribution in [3.8, 4) is 0 Å². The summed E-state index contributed by atoms with van der Waals surface area (Å²) in [6.07, 6.45) is -0.108. The first-order chi connectivity index (χ1) is 13.8. The molecule has 150 valence electrons. The minimum absolute atomic E-state index is 0.0824. The zero-order chi connectivity index (χ0) is 21.1. The number of primary amides is 1. The fourth-order valence-corrected chi connectivity index (χ4v) is 2.79. The summed E-state index contributed by atoms with van der Waals surface area (Å²) in [5.74, 6) is -4.76. The number of esters is 1. The number of halogens is 2. The molecular weight excluding hydrogens is 386 g/mol. The third-order valence-electron chi connectivity index (χ3n) is 4.23. The monoisotopic (exact) mass is 402 g/mol. The van der Waals surface area contributed by atoms with Crippen molar-refractivity contribution in [2.75, 3.05) is 17.4 Å². The highest BCUT2D eigenvalue weighted by atomic mass is 19.1. The van der Waals surface area contributed by atoms with E-state index in [4.69, 9.17) is 5.73 Å².